The number of nitrogens with zero attached hydrogens (tertiary/aromatic N) is 3. The van der Waals surface area contributed by atoms with Crippen molar-refractivity contribution in [3.8, 4) is 0 Å². The maximum atomic E-state index is 10.0. The summed E-state index contributed by atoms with van der Waals surface area (Å²) in [5.74, 6) is 0. The molecule has 0 radical (unpaired) electrons. The van der Waals surface area contributed by atoms with Gasteiger partial charge in [0.25, 0.3) is 0 Å². The van der Waals surface area contributed by atoms with Gasteiger partial charge in [-0.25, -0.2) is 14.8 Å². The number of nitrogens with one attached hydrogen (secondary N) is 1. The van der Waals surface area contributed by atoms with Gasteiger partial charge in [0.05, 0.1) is 5.39 Å². The quantitative estimate of drug-likeness (QED) is 0.426. The molecule has 0 aromatic carbocycles. The van der Waals surface area contributed by atoms with Crippen LogP contribution in [0.1, 0.15) is 0 Å². The fourth-order valence-corrected chi connectivity index (χ4v) is 1.28. The molecular weight excluding hydrogens is 192 g/mol. The Morgan fingerprint density at radius 2 is 2.38 bits per heavy atom. The summed E-state index contributed by atoms with van der Waals surface area (Å²) in [6, 6.07) is 0. The van der Waals surface area contributed by atoms with Crippen molar-refractivity contribution in [1.82, 2.24) is 15.0 Å². The summed E-state index contributed by atoms with van der Waals surface area (Å²) in [5, 5.41) is 0.799. The molecule has 0 unspecified atom stereocenters. The van der Waals surface area contributed by atoms with Crippen molar-refractivity contribution in [3.05, 3.63) is 17.7 Å². The smallest absolute Gasteiger partial charge is 0.240 e. The van der Waals surface area contributed by atoms with Crippen molar-refractivity contribution in [2.45, 2.75) is 0 Å². The van der Waals surface area contributed by atoms with Gasteiger partial charge in [-0.05, 0) is 0 Å². The van der Waals surface area contributed by atoms with Gasteiger partial charge in [0.2, 0.25) is 6.08 Å². The minimum absolute atomic E-state index is 0.264. The van der Waals surface area contributed by atoms with Crippen molar-refractivity contribution < 1.29 is 4.79 Å². The summed E-state index contributed by atoms with van der Waals surface area (Å²) in [7, 11) is 0. The van der Waals surface area contributed by atoms with Crippen LogP contribution in [0.3, 0.4) is 0 Å². The molecule has 2 rings (SSSR count). The number of isocyanates is 1. The second-order valence-electron chi connectivity index (χ2n) is 2.27. The van der Waals surface area contributed by atoms with Crippen LogP contribution in [0.4, 0.5) is 5.69 Å². The second kappa shape index (κ2) is 2.97. The SMILES string of the molecule is O=C=Nc1c[nH]c2ncnc(Cl)c12. The number of aliphatic imine (C=N–C) groups is 1. The number of H-pyrrole nitrogens is 1. The number of rotatable bonds is 1. The van der Waals surface area contributed by atoms with E-state index in [0.29, 0.717) is 16.7 Å². The lowest BCUT2D eigenvalue weighted by Crippen LogP contribution is -1.79. The van der Waals surface area contributed by atoms with E-state index in [4.69, 9.17) is 11.6 Å². The zero-order valence-corrected chi connectivity index (χ0v) is 7.04. The summed E-state index contributed by atoms with van der Waals surface area (Å²) in [6.45, 7) is 0. The molecule has 5 nitrogen and oxygen atoms in total. The first-order chi connectivity index (χ1) is 6.33. The van der Waals surface area contributed by atoms with Gasteiger partial charge in [0, 0.05) is 6.20 Å². The van der Waals surface area contributed by atoms with E-state index in [1.807, 2.05) is 0 Å². The van der Waals surface area contributed by atoms with Crippen LogP contribution in [0.15, 0.2) is 17.5 Å². The first-order valence-corrected chi connectivity index (χ1v) is 3.76. The molecule has 0 atom stereocenters. The molecule has 0 amide bonds. The zero-order chi connectivity index (χ0) is 9.26. The van der Waals surface area contributed by atoms with E-state index >= 15 is 0 Å². The van der Waals surface area contributed by atoms with Crippen LogP contribution in [0.2, 0.25) is 5.15 Å². The Morgan fingerprint density at radius 1 is 1.54 bits per heavy atom. The minimum Gasteiger partial charge on any atom is -0.344 e. The van der Waals surface area contributed by atoms with Gasteiger partial charge in [-0.1, -0.05) is 11.6 Å². The standard InChI is InChI=1S/C7H3ClN4O/c8-6-5-4(12-3-13)1-9-7(5)11-2-10-6/h1-2H,(H,9,10,11). The van der Waals surface area contributed by atoms with Crippen LogP contribution in [0, 0.1) is 0 Å². The fraction of sp³-hybridized carbons (Fsp3) is 0. The highest BCUT2D eigenvalue weighted by atomic mass is 35.5. The predicted molar refractivity (Wildman–Crippen MR) is 46.7 cm³/mol. The first kappa shape index (κ1) is 7.91. The summed E-state index contributed by atoms with van der Waals surface area (Å²) in [6.07, 6.45) is 4.28. The Kier molecular flexibility index (Phi) is 1.81. The van der Waals surface area contributed by atoms with E-state index in [1.165, 1.54) is 18.6 Å². The van der Waals surface area contributed by atoms with Gasteiger partial charge in [-0.15, -0.1) is 0 Å². The van der Waals surface area contributed by atoms with Crippen molar-refractivity contribution in [3.63, 3.8) is 0 Å². The van der Waals surface area contributed by atoms with Gasteiger partial charge >= 0.3 is 0 Å². The molecule has 2 heterocycles. The van der Waals surface area contributed by atoms with Crippen LogP contribution in [-0.2, 0) is 4.79 Å². The van der Waals surface area contributed by atoms with Crippen molar-refractivity contribution in [2.75, 3.05) is 0 Å². The average molecular weight is 195 g/mol. The largest absolute Gasteiger partial charge is 0.344 e. The summed E-state index contributed by atoms with van der Waals surface area (Å²) < 4.78 is 0. The van der Waals surface area contributed by atoms with Gasteiger partial charge < -0.3 is 4.98 Å². The molecule has 0 saturated carbocycles. The molecule has 0 aliphatic carbocycles. The molecule has 2 aromatic heterocycles. The molecule has 0 bridgehead atoms. The lowest BCUT2D eigenvalue weighted by molar-refractivity contribution is 0.565. The number of aromatic nitrogens is 3. The minimum atomic E-state index is 0.264. The van der Waals surface area contributed by atoms with Crippen molar-refractivity contribution in [2.24, 2.45) is 4.99 Å². The monoisotopic (exact) mass is 194 g/mol. The molecule has 1 N–H and O–H groups in total. The van der Waals surface area contributed by atoms with E-state index < -0.39 is 0 Å². The molecule has 0 aliphatic rings. The zero-order valence-electron chi connectivity index (χ0n) is 6.28. The highest BCUT2D eigenvalue weighted by Gasteiger charge is 2.07. The van der Waals surface area contributed by atoms with Crippen LogP contribution in [-0.4, -0.2) is 21.0 Å². The Bertz CT molecular complexity index is 500. The Morgan fingerprint density at radius 3 is 3.15 bits per heavy atom. The molecule has 64 valence electrons. The van der Waals surface area contributed by atoms with E-state index in [2.05, 4.69) is 19.9 Å². The normalized spacial score (nSPS) is 9.92. The van der Waals surface area contributed by atoms with Crippen molar-refractivity contribution in [1.29, 1.82) is 0 Å². The summed E-state index contributed by atoms with van der Waals surface area (Å²) >= 11 is 5.78. The number of hydrogen-bond acceptors (Lipinski definition) is 4. The third-order valence-electron chi connectivity index (χ3n) is 1.57. The van der Waals surface area contributed by atoms with Gasteiger partial charge in [-0.2, -0.15) is 4.99 Å². The maximum Gasteiger partial charge on any atom is 0.240 e. The van der Waals surface area contributed by atoms with E-state index in [0.717, 1.165) is 0 Å². The number of aromatic amines is 1. The van der Waals surface area contributed by atoms with Gasteiger partial charge in [0.15, 0.2) is 0 Å². The maximum absolute atomic E-state index is 10.0. The number of halogens is 1. The lowest BCUT2D eigenvalue weighted by atomic mass is 10.4. The van der Waals surface area contributed by atoms with E-state index in [-0.39, 0.29) is 5.15 Å². The third-order valence-corrected chi connectivity index (χ3v) is 1.86. The van der Waals surface area contributed by atoms with E-state index in [9.17, 15) is 4.79 Å². The Balaban J connectivity index is 2.85. The third kappa shape index (κ3) is 1.20. The molecule has 0 fully saturated rings. The van der Waals surface area contributed by atoms with Crippen LogP contribution < -0.4 is 0 Å². The molecule has 0 aliphatic heterocycles. The first-order valence-electron chi connectivity index (χ1n) is 3.38. The summed E-state index contributed by atoms with van der Waals surface area (Å²) in [4.78, 5) is 24.0. The highest BCUT2D eigenvalue weighted by Crippen LogP contribution is 2.28. The summed E-state index contributed by atoms with van der Waals surface area (Å²) in [5.41, 5.74) is 0.949. The average Bonchev–Trinajstić information content (AvgIpc) is 2.51. The topological polar surface area (TPSA) is 71.0 Å². The Labute approximate surface area is 77.5 Å². The van der Waals surface area contributed by atoms with Gasteiger partial charge in [0.1, 0.15) is 22.8 Å². The number of fused-ring (bicyclic) bond motifs is 1. The molecule has 0 saturated heterocycles. The Hall–Kier alpha value is -1.71. The number of hydrogen-bond donors (Lipinski definition) is 1. The van der Waals surface area contributed by atoms with Crippen LogP contribution >= 0.6 is 11.6 Å². The number of carbonyl (C=O) groups excluding carboxylic acids is 1. The van der Waals surface area contributed by atoms with Crippen LogP contribution in [0.25, 0.3) is 11.0 Å². The lowest BCUT2D eigenvalue weighted by Gasteiger charge is -1.90. The van der Waals surface area contributed by atoms with Gasteiger partial charge in [-0.3, -0.25) is 0 Å². The molecular formula is C7H3ClN4O. The molecule has 13 heavy (non-hydrogen) atoms. The highest BCUT2D eigenvalue weighted by molar-refractivity contribution is 6.34. The molecule has 0 spiro atoms. The predicted octanol–water partition coefficient (Wildman–Crippen LogP) is 1.58. The molecule has 6 heteroatoms. The van der Waals surface area contributed by atoms with Crippen molar-refractivity contribution >= 4 is 34.4 Å². The fourth-order valence-electron chi connectivity index (χ4n) is 1.05. The second-order valence-corrected chi connectivity index (χ2v) is 2.62. The van der Waals surface area contributed by atoms with E-state index in [1.54, 1.807) is 0 Å². The molecule has 2 aromatic rings. The van der Waals surface area contributed by atoms with Crippen LogP contribution in [0.5, 0.6) is 0 Å².